The van der Waals surface area contributed by atoms with Gasteiger partial charge in [0.25, 0.3) is 8.32 Å². The van der Waals surface area contributed by atoms with Crippen molar-refractivity contribution in [2.24, 2.45) is 0 Å². The molecule has 1 heterocycles. The zero-order chi connectivity index (χ0) is 25.7. The maximum atomic E-state index is 13.3. The fourth-order valence-corrected chi connectivity index (χ4v) is 5.06. The van der Waals surface area contributed by atoms with E-state index in [9.17, 15) is 9.90 Å². The molecule has 0 aliphatic rings. The molecule has 0 radical (unpaired) electrons. The van der Waals surface area contributed by atoms with Crippen LogP contribution >= 0.6 is 0 Å². The minimum atomic E-state index is -2.17. The largest absolute Gasteiger partial charge is 0.544 e. The number of hydrogen-bond acceptors (Lipinski definition) is 5. The van der Waals surface area contributed by atoms with Crippen molar-refractivity contribution in [1.82, 2.24) is 0 Å². The van der Waals surface area contributed by atoms with Gasteiger partial charge in [0.05, 0.1) is 10.9 Å². The van der Waals surface area contributed by atoms with Crippen molar-refractivity contribution in [3.8, 4) is 28.4 Å². The third-order valence-corrected chi connectivity index (χ3v) is 16.1. The van der Waals surface area contributed by atoms with Crippen molar-refractivity contribution < 1.29 is 18.4 Å². The Balaban J connectivity index is 1.95. The number of phenolic OH excluding ortho intramolecular Hbond substituents is 1. The van der Waals surface area contributed by atoms with Crippen LogP contribution in [0.1, 0.15) is 41.5 Å². The number of fused-ring (bicyclic) bond motifs is 1. The van der Waals surface area contributed by atoms with Crippen molar-refractivity contribution in [3.63, 3.8) is 0 Å². The van der Waals surface area contributed by atoms with Crippen molar-refractivity contribution in [1.29, 1.82) is 0 Å². The van der Waals surface area contributed by atoms with Crippen molar-refractivity contribution in [2.75, 3.05) is 0 Å². The molecule has 3 rings (SSSR count). The maximum Gasteiger partial charge on any atom is 0.250 e. The van der Waals surface area contributed by atoms with E-state index in [1.54, 1.807) is 6.07 Å². The molecule has 0 amide bonds. The summed E-state index contributed by atoms with van der Waals surface area (Å²) in [5, 5.41) is 11.0. The predicted octanol–water partition coefficient (Wildman–Crippen LogP) is 7.93. The highest BCUT2D eigenvalue weighted by atomic mass is 28.4. The first-order valence-corrected chi connectivity index (χ1v) is 17.5. The molecule has 0 unspecified atom stereocenters. The van der Waals surface area contributed by atoms with Gasteiger partial charge in [-0.05, 0) is 60.0 Å². The molecule has 5 nitrogen and oxygen atoms in total. The molecule has 1 N–H and O–H groups in total. The Kier molecular flexibility index (Phi) is 6.61. The molecular formula is C27H38O5Si2. The molecule has 184 valence electrons. The summed E-state index contributed by atoms with van der Waals surface area (Å²) in [6.45, 7) is 21.6. The Morgan fingerprint density at radius 2 is 1.35 bits per heavy atom. The van der Waals surface area contributed by atoms with Gasteiger partial charge in [0.15, 0.2) is 5.75 Å². The van der Waals surface area contributed by atoms with E-state index in [0.29, 0.717) is 22.3 Å². The van der Waals surface area contributed by atoms with Crippen LogP contribution in [0.15, 0.2) is 51.9 Å². The Hall–Kier alpha value is -2.52. The van der Waals surface area contributed by atoms with E-state index in [0.717, 1.165) is 11.3 Å². The molecule has 1 aromatic heterocycles. The fourth-order valence-electron chi connectivity index (χ4n) is 3.00. The first-order chi connectivity index (χ1) is 15.4. The van der Waals surface area contributed by atoms with Gasteiger partial charge in [0.2, 0.25) is 13.7 Å². The Bertz CT molecular complexity index is 1240. The summed E-state index contributed by atoms with van der Waals surface area (Å²) in [6.07, 6.45) is 1.47. The first-order valence-electron chi connectivity index (χ1n) is 11.7. The summed E-state index contributed by atoms with van der Waals surface area (Å²) in [6, 6.07) is 10.6. The summed E-state index contributed by atoms with van der Waals surface area (Å²) < 4.78 is 18.4. The lowest BCUT2D eigenvalue weighted by Gasteiger charge is -2.36. The smallest absolute Gasteiger partial charge is 0.250 e. The summed E-state index contributed by atoms with van der Waals surface area (Å²) in [7, 11) is -4.11. The normalized spacial score (nSPS) is 13.2. The van der Waals surface area contributed by atoms with Gasteiger partial charge in [0.1, 0.15) is 23.3 Å². The molecular weight excluding hydrogens is 460 g/mol. The second-order valence-electron chi connectivity index (χ2n) is 12.0. The minimum absolute atomic E-state index is 0.0282. The quantitative estimate of drug-likeness (QED) is 0.362. The second kappa shape index (κ2) is 8.61. The Morgan fingerprint density at radius 1 is 0.824 bits per heavy atom. The average Bonchev–Trinajstić information content (AvgIpc) is 2.68. The highest BCUT2D eigenvalue weighted by Crippen LogP contribution is 2.41. The molecule has 0 saturated heterocycles. The van der Waals surface area contributed by atoms with Crippen LogP contribution in [-0.4, -0.2) is 21.7 Å². The first kappa shape index (κ1) is 26.1. The molecule has 2 aromatic carbocycles. The molecule has 0 bridgehead atoms. The molecule has 34 heavy (non-hydrogen) atoms. The second-order valence-corrected chi connectivity index (χ2v) is 21.5. The monoisotopic (exact) mass is 498 g/mol. The van der Waals surface area contributed by atoms with Gasteiger partial charge in [-0.3, -0.25) is 4.79 Å². The highest BCUT2D eigenvalue weighted by Gasteiger charge is 2.40. The van der Waals surface area contributed by atoms with Crippen molar-refractivity contribution in [3.05, 3.63) is 52.9 Å². The van der Waals surface area contributed by atoms with Crippen LogP contribution in [0.5, 0.6) is 17.2 Å². The topological polar surface area (TPSA) is 68.9 Å². The number of rotatable bonds is 5. The predicted molar refractivity (Wildman–Crippen MR) is 145 cm³/mol. The average molecular weight is 499 g/mol. The number of hydrogen-bond donors (Lipinski definition) is 1. The van der Waals surface area contributed by atoms with Crippen LogP contribution in [0.4, 0.5) is 0 Å². The number of phenols is 1. The minimum Gasteiger partial charge on any atom is -0.544 e. The zero-order valence-corrected chi connectivity index (χ0v) is 24.1. The van der Waals surface area contributed by atoms with E-state index in [4.69, 9.17) is 13.3 Å². The number of aromatic hydroxyl groups is 1. The van der Waals surface area contributed by atoms with E-state index in [-0.39, 0.29) is 21.3 Å². The molecule has 3 aromatic rings. The molecule has 7 heteroatoms. The summed E-state index contributed by atoms with van der Waals surface area (Å²) in [5.41, 5.74) is 1.36. The number of benzene rings is 2. The van der Waals surface area contributed by atoms with Crippen molar-refractivity contribution in [2.45, 2.75) is 77.8 Å². The summed E-state index contributed by atoms with van der Waals surface area (Å²) >= 11 is 0. The lowest BCUT2D eigenvalue weighted by atomic mass is 10.1. The Labute approximate surface area is 205 Å². The highest BCUT2D eigenvalue weighted by molar-refractivity contribution is 6.75. The van der Waals surface area contributed by atoms with Gasteiger partial charge < -0.3 is 18.4 Å². The third kappa shape index (κ3) is 5.10. The van der Waals surface area contributed by atoms with Crippen LogP contribution in [-0.2, 0) is 0 Å². The van der Waals surface area contributed by atoms with E-state index >= 15 is 0 Å². The van der Waals surface area contributed by atoms with Gasteiger partial charge in [-0.1, -0.05) is 53.7 Å². The lowest BCUT2D eigenvalue weighted by molar-refractivity contribution is 0.422. The van der Waals surface area contributed by atoms with Crippen LogP contribution in [0.25, 0.3) is 22.1 Å². The molecule has 0 saturated carbocycles. The SMILES string of the molecule is CC(C)(C)[Si](C)(C)Oc1ccc(-c2coc3cc(O[Si](C)(C)C(C)(C)C)c(O)cc3c2=O)cc1. The molecule has 0 spiro atoms. The Morgan fingerprint density at radius 3 is 1.88 bits per heavy atom. The van der Waals surface area contributed by atoms with E-state index in [2.05, 4.69) is 67.7 Å². The standard InChI is InChI=1S/C27H38O5Si2/c1-26(2,3)33(7,8)31-19-13-11-18(12-14-19)21-17-30-23-16-24(22(28)15-20(23)25(21)29)32-34(9,10)27(4,5)6/h11-17,28H,1-10H3. The summed E-state index contributed by atoms with van der Waals surface area (Å²) in [4.78, 5) is 13.3. The zero-order valence-electron chi connectivity index (χ0n) is 22.1. The summed E-state index contributed by atoms with van der Waals surface area (Å²) in [5.74, 6) is 1.09. The molecule has 0 aliphatic heterocycles. The van der Waals surface area contributed by atoms with E-state index < -0.39 is 16.6 Å². The van der Waals surface area contributed by atoms with Crippen LogP contribution < -0.4 is 14.3 Å². The van der Waals surface area contributed by atoms with E-state index in [1.165, 1.54) is 12.3 Å². The maximum absolute atomic E-state index is 13.3. The third-order valence-electron chi connectivity index (χ3n) is 7.37. The van der Waals surface area contributed by atoms with Gasteiger partial charge in [-0.15, -0.1) is 0 Å². The molecule has 0 fully saturated rings. The lowest BCUT2D eigenvalue weighted by Crippen LogP contribution is -2.43. The van der Waals surface area contributed by atoms with Gasteiger partial charge in [-0.2, -0.15) is 0 Å². The van der Waals surface area contributed by atoms with E-state index in [1.807, 2.05) is 24.3 Å². The van der Waals surface area contributed by atoms with Crippen LogP contribution in [0.3, 0.4) is 0 Å². The van der Waals surface area contributed by atoms with Crippen LogP contribution in [0, 0.1) is 0 Å². The molecule has 0 atom stereocenters. The molecule has 0 aliphatic carbocycles. The fraction of sp³-hybridized carbons (Fsp3) is 0.444. The van der Waals surface area contributed by atoms with Gasteiger partial charge in [0, 0.05) is 6.07 Å². The van der Waals surface area contributed by atoms with Crippen molar-refractivity contribution >= 4 is 27.6 Å². The van der Waals surface area contributed by atoms with Gasteiger partial charge >= 0.3 is 0 Å². The van der Waals surface area contributed by atoms with Crippen LogP contribution in [0.2, 0.25) is 36.3 Å². The van der Waals surface area contributed by atoms with Gasteiger partial charge in [-0.25, -0.2) is 0 Å².